The van der Waals surface area contributed by atoms with Crippen LogP contribution in [0.4, 0.5) is 5.82 Å². The fraction of sp³-hybridized carbons (Fsp3) is 0.292. The summed E-state index contributed by atoms with van der Waals surface area (Å²) in [6, 6.07) is 11.4. The summed E-state index contributed by atoms with van der Waals surface area (Å²) in [5, 5.41) is 5.55. The summed E-state index contributed by atoms with van der Waals surface area (Å²) >= 11 is 0. The van der Waals surface area contributed by atoms with Gasteiger partial charge in [-0.1, -0.05) is 30.3 Å². The summed E-state index contributed by atoms with van der Waals surface area (Å²) in [5.74, 6) is -0.656. The van der Waals surface area contributed by atoms with Crippen LogP contribution in [-0.4, -0.2) is 51.7 Å². The van der Waals surface area contributed by atoms with Crippen LogP contribution in [0.5, 0.6) is 0 Å². The SMILES string of the molecule is O=C(Nc1nccnc1C(=O)NC1CCN(C(=O)CCc2ccccc2)CC1)c1ccoc1. The van der Waals surface area contributed by atoms with Crippen LogP contribution in [-0.2, 0) is 11.2 Å². The number of hydrogen-bond acceptors (Lipinski definition) is 6. The molecule has 0 spiro atoms. The molecular weight excluding hydrogens is 422 g/mol. The van der Waals surface area contributed by atoms with Crippen molar-refractivity contribution in [2.24, 2.45) is 0 Å². The second-order valence-corrected chi connectivity index (χ2v) is 7.83. The van der Waals surface area contributed by atoms with E-state index in [2.05, 4.69) is 20.6 Å². The zero-order valence-electron chi connectivity index (χ0n) is 18.1. The molecule has 1 aromatic carbocycles. The van der Waals surface area contributed by atoms with Crippen molar-refractivity contribution in [1.29, 1.82) is 0 Å². The summed E-state index contributed by atoms with van der Waals surface area (Å²) in [7, 11) is 0. The fourth-order valence-electron chi connectivity index (χ4n) is 3.75. The summed E-state index contributed by atoms with van der Waals surface area (Å²) in [4.78, 5) is 47.7. The third-order valence-corrected chi connectivity index (χ3v) is 5.58. The first-order valence-electron chi connectivity index (χ1n) is 10.9. The van der Waals surface area contributed by atoms with Crippen LogP contribution >= 0.6 is 0 Å². The van der Waals surface area contributed by atoms with Gasteiger partial charge in [-0.2, -0.15) is 0 Å². The van der Waals surface area contributed by atoms with Crippen LogP contribution in [0, 0.1) is 0 Å². The molecule has 0 radical (unpaired) electrons. The van der Waals surface area contributed by atoms with E-state index in [1.807, 2.05) is 35.2 Å². The van der Waals surface area contributed by atoms with Gasteiger partial charge < -0.3 is 20.0 Å². The lowest BCUT2D eigenvalue weighted by Gasteiger charge is -2.32. The molecule has 3 aromatic rings. The molecule has 1 aliphatic rings. The minimum Gasteiger partial charge on any atom is -0.472 e. The van der Waals surface area contributed by atoms with Crippen molar-refractivity contribution in [3.8, 4) is 0 Å². The number of carbonyl (C=O) groups excluding carboxylic acids is 3. The van der Waals surface area contributed by atoms with Gasteiger partial charge in [-0.15, -0.1) is 0 Å². The molecule has 0 atom stereocenters. The van der Waals surface area contributed by atoms with E-state index in [0.717, 1.165) is 12.0 Å². The molecule has 2 aromatic heterocycles. The molecule has 0 unspecified atom stereocenters. The molecule has 1 saturated heterocycles. The molecule has 2 N–H and O–H groups in total. The van der Waals surface area contributed by atoms with Gasteiger partial charge in [0.1, 0.15) is 6.26 Å². The second-order valence-electron chi connectivity index (χ2n) is 7.83. The molecule has 170 valence electrons. The number of nitrogens with one attached hydrogen (secondary N) is 2. The van der Waals surface area contributed by atoms with Crippen LogP contribution < -0.4 is 10.6 Å². The number of aryl methyl sites for hydroxylation is 1. The van der Waals surface area contributed by atoms with Crippen molar-refractivity contribution in [3.05, 3.63) is 78.1 Å². The number of hydrogen-bond donors (Lipinski definition) is 2. The van der Waals surface area contributed by atoms with Crippen LogP contribution in [0.1, 0.15) is 45.7 Å². The zero-order chi connectivity index (χ0) is 23.0. The van der Waals surface area contributed by atoms with E-state index in [0.29, 0.717) is 37.9 Å². The van der Waals surface area contributed by atoms with Gasteiger partial charge >= 0.3 is 0 Å². The van der Waals surface area contributed by atoms with Crippen molar-refractivity contribution in [1.82, 2.24) is 20.2 Å². The van der Waals surface area contributed by atoms with E-state index >= 15 is 0 Å². The van der Waals surface area contributed by atoms with Gasteiger partial charge in [0.05, 0.1) is 11.8 Å². The average molecular weight is 447 g/mol. The molecule has 0 aliphatic carbocycles. The van der Waals surface area contributed by atoms with Gasteiger partial charge in [0.2, 0.25) is 5.91 Å². The maximum atomic E-state index is 12.8. The number of furan rings is 1. The molecule has 33 heavy (non-hydrogen) atoms. The Morgan fingerprint density at radius 3 is 2.48 bits per heavy atom. The molecule has 9 heteroatoms. The highest BCUT2D eigenvalue weighted by atomic mass is 16.3. The van der Waals surface area contributed by atoms with Gasteiger partial charge in [0, 0.05) is 37.9 Å². The van der Waals surface area contributed by atoms with Gasteiger partial charge in [0.15, 0.2) is 11.5 Å². The van der Waals surface area contributed by atoms with Crippen molar-refractivity contribution >= 4 is 23.5 Å². The maximum absolute atomic E-state index is 12.8. The van der Waals surface area contributed by atoms with Crippen LogP contribution in [0.3, 0.4) is 0 Å². The Bertz CT molecular complexity index is 1090. The van der Waals surface area contributed by atoms with Crippen LogP contribution in [0.15, 0.2) is 65.7 Å². The summed E-state index contributed by atoms with van der Waals surface area (Å²) in [5.41, 5.74) is 1.50. The first-order chi connectivity index (χ1) is 16.1. The van der Waals surface area contributed by atoms with Crippen LogP contribution in [0.2, 0.25) is 0 Å². The number of carbonyl (C=O) groups is 3. The Balaban J connectivity index is 1.28. The number of piperidine rings is 1. The quantitative estimate of drug-likeness (QED) is 0.575. The van der Waals surface area contributed by atoms with Crippen molar-refractivity contribution in [2.45, 2.75) is 31.7 Å². The molecule has 1 fully saturated rings. The number of likely N-dealkylation sites (tertiary alicyclic amines) is 1. The Morgan fingerprint density at radius 2 is 1.76 bits per heavy atom. The summed E-state index contributed by atoms with van der Waals surface area (Å²) < 4.78 is 4.91. The zero-order valence-corrected chi connectivity index (χ0v) is 18.1. The molecule has 3 amide bonds. The third kappa shape index (κ3) is 5.82. The van der Waals surface area contributed by atoms with Gasteiger partial charge in [-0.3, -0.25) is 14.4 Å². The van der Waals surface area contributed by atoms with Gasteiger partial charge in [-0.05, 0) is 30.9 Å². The lowest BCUT2D eigenvalue weighted by molar-refractivity contribution is -0.132. The van der Waals surface area contributed by atoms with Gasteiger partial charge in [0.25, 0.3) is 11.8 Å². The Morgan fingerprint density at radius 1 is 1.00 bits per heavy atom. The topological polar surface area (TPSA) is 117 Å². The number of rotatable bonds is 7. The van der Waals surface area contributed by atoms with E-state index in [1.54, 1.807) is 0 Å². The van der Waals surface area contributed by atoms with Crippen molar-refractivity contribution < 1.29 is 18.8 Å². The lowest BCUT2D eigenvalue weighted by Crippen LogP contribution is -2.46. The third-order valence-electron chi connectivity index (χ3n) is 5.58. The van der Waals surface area contributed by atoms with E-state index in [4.69, 9.17) is 4.42 Å². The summed E-state index contributed by atoms with van der Waals surface area (Å²) in [6.07, 6.45) is 7.99. The molecular formula is C24H25N5O4. The highest BCUT2D eigenvalue weighted by molar-refractivity contribution is 6.07. The minimum absolute atomic E-state index is 0.0377. The highest BCUT2D eigenvalue weighted by Crippen LogP contribution is 2.16. The molecule has 4 rings (SSSR count). The van der Waals surface area contributed by atoms with E-state index in [1.165, 1.54) is 31.0 Å². The molecule has 3 heterocycles. The van der Waals surface area contributed by atoms with Crippen LogP contribution in [0.25, 0.3) is 0 Å². The standard InChI is InChI=1S/C24H25N5O4/c30-20(7-6-17-4-2-1-3-5-17)29-13-8-19(9-14-29)27-24(32)21-22(26-12-11-25-21)28-23(31)18-10-15-33-16-18/h1-5,10-12,15-16,19H,6-9,13-14H2,(H,27,32)(H,26,28,31). The number of benzene rings is 1. The largest absolute Gasteiger partial charge is 0.472 e. The van der Waals surface area contributed by atoms with Crippen molar-refractivity contribution in [2.75, 3.05) is 18.4 Å². The van der Waals surface area contributed by atoms with Gasteiger partial charge in [-0.25, -0.2) is 9.97 Å². The number of amides is 3. The smallest absolute Gasteiger partial charge is 0.273 e. The fourth-order valence-corrected chi connectivity index (χ4v) is 3.75. The monoisotopic (exact) mass is 447 g/mol. The molecule has 1 aliphatic heterocycles. The van der Waals surface area contributed by atoms with E-state index < -0.39 is 11.8 Å². The van der Waals surface area contributed by atoms with Crippen molar-refractivity contribution in [3.63, 3.8) is 0 Å². The second kappa shape index (κ2) is 10.5. The predicted octanol–water partition coefficient (Wildman–Crippen LogP) is 2.68. The van der Waals surface area contributed by atoms with E-state index in [9.17, 15) is 14.4 Å². The first-order valence-corrected chi connectivity index (χ1v) is 10.9. The Kier molecular flexibility index (Phi) is 7.09. The normalized spacial score (nSPS) is 14.0. The molecule has 9 nitrogen and oxygen atoms in total. The first kappa shape index (κ1) is 22.2. The lowest BCUT2D eigenvalue weighted by atomic mass is 10.0. The molecule has 0 saturated carbocycles. The minimum atomic E-state index is -0.444. The van der Waals surface area contributed by atoms with E-state index in [-0.39, 0.29) is 23.5 Å². The molecule has 0 bridgehead atoms. The average Bonchev–Trinajstić information content (AvgIpc) is 3.39. The number of nitrogens with zero attached hydrogens (tertiary/aromatic N) is 3. The highest BCUT2D eigenvalue weighted by Gasteiger charge is 2.26. The number of aromatic nitrogens is 2. The maximum Gasteiger partial charge on any atom is 0.273 e. The summed E-state index contributed by atoms with van der Waals surface area (Å²) in [6.45, 7) is 1.17. The number of anilines is 1. The Hall–Kier alpha value is -4.01. The predicted molar refractivity (Wildman–Crippen MR) is 121 cm³/mol. The Labute approximate surface area is 191 Å².